The minimum absolute atomic E-state index is 0.0702. The zero-order valence-electron chi connectivity index (χ0n) is 8.78. The third-order valence-electron chi connectivity index (χ3n) is 1.99. The number of aromatic hydroxyl groups is 1. The summed E-state index contributed by atoms with van der Waals surface area (Å²) in [5.41, 5.74) is 0.497. The summed E-state index contributed by atoms with van der Waals surface area (Å²) in [6.45, 7) is 0.435. The van der Waals surface area contributed by atoms with E-state index in [2.05, 4.69) is 5.32 Å². The van der Waals surface area contributed by atoms with Gasteiger partial charge in [0.15, 0.2) is 0 Å². The first kappa shape index (κ1) is 14.5. The Morgan fingerprint density at radius 1 is 1.35 bits per heavy atom. The van der Waals surface area contributed by atoms with Gasteiger partial charge in [-0.15, -0.1) is 0 Å². The molecule has 0 bridgehead atoms. The molecule has 0 unspecified atom stereocenters. The SMILES string of the molecule is NS(=O)(=O)CCNCc1cc(Cl)cc(Cl)c1O. The van der Waals surface area contributed by atoms with Crippen molar-refractivity contribution in [3.63, 3.8) is 0 Å². The van der Waals surface area contributed by atoms with Crippen LogP contribution in [0.1, 0.15) is 5.56 Å². The molecular weight excluding hydrogens is 287 g/mol. The Morgan fingerprint density at radius 2 is 2.00 bits per heavy atom. The van der Waals surface area contributed by atoms with Gasteiger partial charge in [0.05, 0.1) is 10.8 Å². The maximum atomic E-state index is 10.7. The third kappa shape index (κ3) is 5.10. The van der Waals surface area contributed by atoms with Crippen LogP contribution in [0, 0.1) is 0 Å². The highest BCUT2D eigenvalue weighted by Gasteiger charge is 2.08. The molecule has 0 saturated heterocycles. The second-order valence-electron chi connectivity index (χ2n) is 3.44. The molecule has 4 N–H and O–H groups in total. The van der Waals surface area contributed by atoms with E-state index < -0.39 is 10.0 Å². The van der Waals surface area contributed by atoms with Crippen LogP contribution in [0.3, 0.4) is 0 Å². The number of hydrogen-bond acceptors (Lipinski definition) is 4. The largest absolute Gasteiger partial charge is 0.506 e. The lowest BCUT2D eigenvalue weighted by Gasteiger charge is -2.08. The zero-order chi connectivity index (χ0) is 13.1. The lowest BCUT2D eigenvalue weighted by Crippen LogP contribution is -2.26. The van der Waals surface area contributed by atoms with Gasteiger partial charge in [0.25, 0.3) is 0 Å². The smallest absolute Gasteiger partial charge is 0.210 e. The van der Waals surface area contributed by atoms with Crippen molar-refractivity contribution >= 4 is 33.2 Å². The average molecular weight is 299 g/mol. The van der Waals surface area contributed by atoms with Crippen LogP contribution < -0.4 is 10.5 Å². The highest BCUT2D eigenvalue weighted by atomic mass is 35.5. The first-order chi connectivity index (χ1) is 7.79. The fourth-order valence-corrected chi connectivity index (χ4v) is 2.16. The van der Waals surface area contributed by atoms with Gasteiger partial charge < -0.3 is 10.4 Å². The summed E-state index contributed by atoms with van der Waals surface area (Å²) in [6.07, 6.45) is 0. The van der Waals surface area contributed by atoms with E-state index in [0.717, 1.165) is 0 Å². The quantitative estimate of drug-likeness (QED) is 0.709. The van der Waals surface area contributed by atoms with Crippen molar-refractivity contribution in [1.29, 1.82) is 0 Å². The molecule has 0 saturated carbocycles. The molecule has 1 aromatic rings. The maximum absolute atomic E-state index is 10.7. The summed E-state index contributed by atoms with van der Waals surface area (Å²) in [5, 5.41) is 17.8. The van der Waals surface area contributed by atoms with Crippen molar-refractivity contribution in [2.75, 3.05) is 12.3 Å². The number of nitrogens with two attached hydrogens (primary N) is 1. The third-order valence-corrected chi connectivity index (χ3v) is 3.27. The zero-order valence-corrected chi connectivity index (χ0v) is 11.1. The molecule has 96 valence electrons. The predicted molar refractivity (Wildman–Crippen MR) is 67.8 cm³/mol. The molecule has 5 nitrogen and oxygen atoms in total. The van der Waals surface area contributed by atoms with Crippen LogP contribution in [0.4, 0.5) is 0 Å². The number of sulfonamides is 1. The number of nitrogens with one attached hydrogen (secondary N) is 1. The number of phenols is 1. The molecule has 0 heterocycles. The first-order valence-corrected chi connectivity index (χ1v) is 7.15. The van der Waals surface area contributed by atoms with Crippen molar-refractivity contribution in [2.45, 2.75) is 6.54 Å². The van der Waals surface area contributed by atoms with E-state index in [-0.39, 0.29) is 29.6 Å². The Labute approximate surface area is 110 Å². The predicted octanol–water partition coefficient (Wildman–Crippen LogP) is 1.08. The normalized spacial score (nSPS) is 11.7. The minimum atomic E-state index is -3.48. The summed E-state index contributed by atoms with van der Waals surface area (Å²) in [6, 6.07) is 2.97. The molecule has 0 radical (unpaired) electrons. The maximum Gasteiger partial charge on any atom is 0.210 e. The van der Waals surface area contributed by atoms with Gasteiger partial charge in [-0.2, -0.15) is 0 Å². The molecular formula is C9H12Cl2N2O3S. The molecule has 17 heavy (non-hydrogen) atoms. The number of benzene rings is 1. The van der Waals surface area contributed by atoms with Crippen LogP contribution in [-0.2, 0) is 16.6 Å². The Hall–Kier alpha value is -0.530. The second-order valence-corrected chi connectivity index (χ2v) is 6.02. The van der Waals surface area contributed by atoms with Gasteiger partial charge >= 0.3 is 0 Å². The lowest BCUT2D eigenvalue weighted by molar-refractivity contribution is 0.465. The second kappa shape index (κ2) is 5.88. The molecule has 1 rings (SSSR count). The molecule has 0 fully saturated rings. The minimum Gasteiger partial charge on any atom is -0.506 e. The van der Waals surface area contributed by atoms with Crippen molar-refractivity contribution in [3.8, 4) is 5.75 Å². The Balaban J connectivity index is 2.58. The van der Waals surface area contributed by atoms with Crippen LogP contribution >= 0.6 is 23.2 Å². The van der Waals surface area contributed by atoms with Gasteiger partial charge in [-0.25, -0.2) is 13.6 Å². The van der Waals surface area contributed by atoms with Gasteiger partial charge in [0.2, 0.25) is 10.0 Å². The van der Waals surface area contributed by atoms with Crippen LogP contribution in [-0.4, -0.2) is 25.8 Å². The Bertz CT molecular complexity index is 505. The number of phenolic OH excluding ortho intramolecular Hbond substituents is 1. The van der Waals surface area contributed by atoms with Gasteiger partial charge in [-0.3, -0.25) is 0 Å². The molecule has 0 aliphatic carbocycles. The number of hydrogen-bond donors (Lipinski definition) is 3. The molecule has 0 aromatic heterocycles. The summed E-state index contributed by atoms with van der Waals surface area (Å²) in [7, 11) is -3.48. The fourth-order valence-electron chi connectivity index (χ4n) is 1.19. The molecule has 0 atom stereocenters. The van der Waals surface area contributed by atoms with Crippen LogP contribution in [0.15, 0.2) is 12.1 Å². The fraction of sp³-hybridized carbons (Fsp3) is 0.333. The first-order valence-electron chi connectivity index (χ1n) is 4.67. The monoisotopic (exact) mass is 298 g/mol. The topological polar surface area (TPSA) is 92.4 Å². The molecule has 0 amide bonds. The van der Waals surface area contributed by atoms with E-state index in [4.69, 9.17) is 28.3 Å². The molecule has 1 aromatic carbocycles. The summed E-state index contributed by atoms with van der Waals surface area (Å²) in [4.78, 5) is 0. The lowest BCUT2D eigenvalue weighted by atomic mass is 10.2. The summed E-state index contributed by atoms with van der Waals surface area (Å²) >= 11 is 11.5. The van der Waals surface area contributed by atoms with Crippen molar-refractivity contribution < 1.29 is 13.5 Å². The Morgan fingerprint density at radius 3 is 2.59 bits per heavy atom. The standard InChI is InChI=1S/C9H12Cl2N2O3S/c10-7-3-6(9(14)8(11)4-7)5-13-1-2-17(12,15)16/h3-4,13-14H,1-2,5H2,(H2,12,15,16). The molecule has 0 spiro atoms. The van der Waals surface area contributed by atoms with Gasteiger partial charge in [-0.1, -0.05) is 23.2 Å². The highest BCUT2D eigenvalue weighted by molar-refractivity contribution is 7.89. The van der Waals surface area contributed by atoms with E-state index in [0.29, 0.717) is 10.6 Å². The number of halogens is 2. The van der Waals surface area contributed by atoms with Gasteiger partial charge in [0.1, 0.15) is 5.75 Å². The molecule has 0 aliphatic heterocycles. The van der Waals surface area contributed by atoms with E-state index in [1.807, 2.05) is 0 Å². The van der Waals surface area contributed by atoms with Crippen LogP contribution in [0.5, 0.6) is 5.75 Å². The van der Waals surface area contributed by atoms with E-state index in [9.17, 15) is 13.5 Å². The van der Waals surface area contributed by atoms with Crippen molar-refractivity contribution in [1.82, 2.24) is 5.32 Å². The molecule has 0 aliphatic rings. The van der Waals surface area contributed by atoms with Gasteiger partial charge in [0, 0.05) is 23.7 Å². The van der Waals surface area contributed by atoms with E-state index >= 15 is 0 Å². The summed E-state index contributed by atoms with van der Waals surface area (Å²) < 4.78 is 21.3. The van der Waals surface area contributed by atoms with Crippen LogP contribution in [0.25, 0.3) is 0 Å². The van der Waals surface area contributed by atoms with Crippen molar-refractivity contribution in [3.05, 3.63) is 27.7 Å². The Kier molecular flexibility index (Phi) is 5.03. The van der Waals surface area contributed by atoms with Gasteiger partial charge in [-0.05, 0) is 12.1 Å². The molecule has 8 heteroatoms. The van der Waals surface area contributed by atoms with E-state index in [1.165, 1.54) is 6.07 Å². The van der Waals surface area contributed by atoms with Crippen LogP contribution in [0.2, 0.25) is 10.0 Å². The van der Waals surface area contributed by atoms with Crippen molar-refractivity contribution in [2.24, 2.45) is 5.14 Å². The number of primary sulfonamides is 1. The number of rotatable bonds is 5. The summed E-state index contributed by atoms with van der Waals surface area (Å²) in [5.74, 6) is -0.249. The average Bonchev–Trinajstić information content (AvgIpc) is 2.18. The highest BCUT2D eigenvalue weighted by Crippen LogP contribution is 2.30. The van der Waals surface area contributed by atoms with E-state index in [1.54, 1.807) is 6.07 Å².